The van der Waals surface area contributed by atoms with Crippen LogP contribution in [0.4, 0.5) is 0 Å². The summed E-state index contributed by atoms with van der Waals surface area (Å²) in [6.07, 6.45) is 1.95. The van der Waals surface area contributed by atoms with E-state index in [4.69, 9.17) is 9.47 Å². The Kier molecular flexibility index (Phi) is 6.40. The third-order valence-electron chi connectivity index (χ3n) is 3.76. The molecule has 1 aromatic carbocycles. The lowest BCUT2D eigenvalue weighted by molar-refractivity contribution is -0.139. The second kappa shape index (κ2) is 8.53. The van der Waals surface area contributed by atoms with Gasteiger partial charge in [0.15, 0.2) is 0 Å². The van der Waals surface area contributed by atoms with Gasteiger partial charge in [-0.05, 0) is 37.8 Å². The van der Waals surface area contributed by atoms with E-state index in [0.29, 0.717) is 13.2 Å². The molecular formula is C17H24N2O4. The smallest absolute Gasteiger partial charge is 0.309 e. The number of carbonyl (C=O) groups excluding carboxylic acids is 2. The summed E-state index contributed by atoms with van der Waals surface area (Å²) < 4.78 is 11.1. The predicted molar refractivity (Wildman–Crippen MR) is 86.4 cm³/mol. The number of carbonyl (C=O) groups is 2. The van der Waals surface area contributed by atoms with E-state index >= 15 is 0 Å². The SMILES string of the molecule is Cc1cccc(C)c1OCCNC(=O)C(=O)NC[C@H]1CCCO1. The number of ether oxygens (including phenoxy) is 2. The van der Waals surface area contributed by atoms with Gasteiger partial charge in [0.1, 0.15) is 12.4 Å². The standard InChI is InChI=1S/C17H24N2O4/c1-12-5-3-6-13(2)15(12)23-10-8-18-16(20)17(21)19-11-14-7-4-9-22-14/h3,5-6,14H,4,7-11H2,1-2H3,(H,18,20)(H,19,21)/t14-/m1/s1. The van der Waals surface area contributed by atoms with Crippen LogP contribution in [0, 0.1) is 13.8 Å². The Morgan fingerprint density at radius 2 is 1.91 bits per heavy atom. The molecule has 1 saturated heterocycles. The van der Waals surface area contributed by atoms with E-state index in [-0.39, 0.29) is 12.6 Å². The molecule has 6 heteroatoms. The Bertz CT molecular complexity index is 533. The summed E-state index contributed by atoms with van der Waals surface area (Å²) in [6, 6.07) is 5.91. The summed E-state index contributed by atoms with van der Waals surface area (Å²) in [5, 5.41) is 5.13. The average molecular weight is 320 g/mol. The molecule has 1 aliphatic heterocycles. The Hall–Kier alpha value is -2.08. The van der Waals surface area contributed by atoms with Gasteiger partial charge in [0.2, 0.25) is 0 Å². The molecule has 23 heavy (non-hydrogen) atoms. The van der Waals surface area contributed by atoms with Crippen molar-refractivity contribution in [2.24, 2.45) is 0 Å². The minimum absolute atomic E-state index is 0.0270. The van der Waals surface area contributed by atoms with Gasteiger partial charge < -0.3 is 20.1 Å². The number of para-hydroxylation sites is 1. The summed E-state index contributed by atoms with van der Waals surface area (Å²) >= 11 is 0. The van der Waals surface area contributed by atoms with Crippen molar-refractivity contribution in [3.05, 3.63) is 29.3 Å². The van der Waals surface area contributed by atoms with Gasteiger partial charge in [0.05, 0.1) is 12.6 Å². The van der Waals surface area contributed by atoms with Crippen LogP contribution in [0.2, 0.25) is 0 Å². The highest BCUT2D eigenvalue weighted by atomic mass is 16.5. The second-order valence-electron chi connectivity index (χ2n) is 5.67. The number of rotatable bonds is 6. The molecule has 6 nitrogen and oxygen atoms in total. The van der Waals surface area contributed by atoms with Crippen LogP contribution < -0.4 is 15.4 Å². The monoisotopic (exact) mass is 320 g/mol. The van der Waals surface area contributed by atoms with Crippen molar-refractivity contribution < 1.29 is 19.1 Å². The van der Waals surface area contributed by atoms with Crippen LogP contribution in [-0.4, -0.2) is 44.2 Å². The lowest BCUT2D eigenvalue weighted by atomic mass is 10.1. The zero-order chi connectivity index (χ0) is 16.7. The first kappa shape index (κ1) is 17.3. The molecule has 0 aromatic heterocycles. The molecule has 1 aromatic rings. The molecule has 1 aliphatic rings. The molecule has 0 aliphatic carbocycles. The van der Waals surface area contributed by atoms with E-state index in [1.807, 2.05) is 32.0 Å². The van der Waals surface area contributed by atoms with Gasteiger partial charge >= 0.3 is 11.8 Å². The first-order valence-electron chi connectivity index (χ1n) is 7.94. The van der Waals surface area contributed by atoms with Gasteiger partial charge in [-0.15, -0.1) is 0 Å². The minimum atomic E-state index is -0.645. The summed E-state index contributed by atoms with van der Waals surface area (Å²) in [4.78, 5) is 23.3. The van der Waals surface area contributed by atoms with E-state index in [0.717, 1.165) is 36.3 Å². The zero-order valence-electron chi connectivity index (χ0n) is 13.7. The van der Waals surface area contributed by atoms with Crippen LogP contribution >= 0.6 is 0 Å². The first-order chi connectivity index (χ1) is 11.1. The van der Waals surface area contributed by atoms with Crippen LogP contribution in [0.1, 0.15) is 24.0 Å². The van der Waals surface area contributed by atoms with E-state index in [1.54, 1.807) is 0 Å². The molecule has 1 fully saturated rings. The molecule has 2 amide bonds. The van der Waals surface area contributed by atoms with Gasteiger partial charge in [-0.1, -0.05) is 18.2 Å². The molecule has 0 unspecified atom stereocenters. The lowest BCUT2D eigenvalue weighted by Crippen LogP contribution is -2.43. The number of hydrogen-bond acceptors (Lipinski definition) is 4. The van der Waals surface area contributed by atoms with Gasteiger partial charge in [-0.2, -0.15) is 0 Å². The summed E-state index contributed by atoms with van der Waals surface area (Å²) in [5.74, 6) is -0.453. The van der Waals surface area contributed by atoms with Crippen molar-refractivity contribution in [2.75, 3.05) is 26.3 Å². The molecule has 2 N–H and O–H groups in total. The average Bonchev–Trinajstić information content (AvgIpc) is 3.04. The Balaban J connectivity index is 1.65. The van der Waals surface area contributed by atoms with Gasteiger partial charge in [0.25, 0.3) is 0 Å². The molecule has 1 heterocycles. The normalized spacial score (nSPS) is 16.9. The highest BCUT2D eigenvalue weighted by molar-refractivity contribution is 6.35. The third kappa shape index (κ3) is 5.25. The van der Waals surface area contributed by atoms with Crippen molar-refractivity contribution in [3.8, 4) is 5.75 Å². The minimum Gasteiger partial charge on any atom is -0.491 e. The molecule has 2 rings (SSSR count). The van der Waals surface area contributed by atoms with E-state index in [9.17, 15) is 9.59 Å². The molecule has 0 bridgehead atoms. The van der Waals surface area contributed by atoms with Crippen molar-refractivity contribution in [1.82, 2.24) is 10.6 Å². The summed E-state index contributed by atoms with van der Waals surface area (Å²) in [7, 11) is 0. The van der Waals surface area contributed by atoms with Crippen LogP contribution in [0.3, 0.4) is 0 Å². The fourth-order valence-electron chi connectivity index (χ4n) is 2.52. The predicted octanol–water partition coefficient (Wildman–Crippen LogP) is 1.09. The first-order valence-corrected chi connectivity index (χ1v) is 7.94. The Labute approximate surface area is 136 Å². The molecule has 1 atom stereocenters. The van der Waals surface area contributed by atoms with Crippen LogP contribution in [0.25, 0.3) is 0 Å². The van der Waals surface area contributed by atoms with Crippen LogP contribution in [0.5, 0.6) is 5.75 Å². The molecule has 0 radical (unpaired) electrons. The number of nitrogens with one attached hydrogen (secondary N) is 2. The molecule has 126 valence electrons. The topological polar surface area (TPSA) is 76.7 Å². The van der Waals surface area contributed by atoms with Crippen molar-refractivity contribution in [3.63, 3.8) is 0 Å². The molecule has 0 spiro atoms. The van der Waals surface area contributed by atoms with Gasteiger partial charge in [0, 0.05) is 13.2 Å². The molecular weight excluding hydrogens is 296 g/mol. The van der Waals surface area contributed by atoms with E-state index in [1.165, 1.54) is 0 Å². The second-order valence-corrected chi connectivity index (χ2v) is 5.67. The number of amides is 2. The Morgan fingerprint density at radius 3 is 2.57 bits per heavy atom. The van der Waals surface area contributed by atoms with E-state index < -0.39 is 11.8 Å². The van der Waals surface area contributed by atoms with Crippen LogP contribution in [0.15, 0.2) is 18.2 Å². The quantitative estimate of drug-likeness (QED) is 0.608. The highest BCUT2D eigenvalue weighted by Crippen LogP contribution is 2.21. The highest BCUT2D eigenvalue weighted by Gasteiger charge is 2.19. The van der Waals surface area contributed by atoms with E-state index in [2.05, 4.69) is 10.6 Å². The summed E-state index contributed by atoms with van der Waals surface area (Å²) in [5.41, 5.74) is 2.09. The van der Waals surface area contributed by atoms with Crippen molar-refractivity contribution >= 4 is 11.8 Å². The zero-order valence-corrected chi connectivity index (χ0v) is 13.7. The van der Waals surface area contributed by atoms with Crippen molar-refractivity contribution in [2.45, 2.75) is 32.8 Å². The van der Waals surface area contributed by atoms with Crippen molar-refractivity contribution in [1.29, 1.82) is 0 Å². The summed E-state index contributed by atoms with van der Waals surface area (Å²) in [6.45, 7) is 5.64. The molecule has 0 saturated carbocycles. The fraction of sp³-hybridized carbons (Fsp3) is 0.529. The largest absolute Gasteiger partial charge is 0.491 e. The Morgan fingerprint density at radius 1 is 1.22 bits per heavy atom. The van der Waals surface area contributed by atoms with Crippen LogP contribution in [-0.2, 0) is 14.3 Å². The number of aryl methyl sites for hydroxylation is 2. The maximum absolute atomic E-state index is 11.7. The fourth-order valence-corrected chi connectivity index (χ4v) is 2.52. The maximum Gasteiger partial charge on any atom is 0.309 e. The third-order valence-corrected chi connectivity index (χ3v) is 3.76. The maximum atomic E-state index is 11.7. The number of hydrogen-bond donors (Lipinski definition) is 2. The lowest BCUT2D eigenvalue weighted by Gasteiger charge is -2.13. The van der Waals surface area contributed by atoms with Gasteiger partial charge in [-0.3, -0.25) is 9.59 Å². The van der Waals surface area contributed by atoms with Gasteiger partial charge in [-0.25, -0.2) is 0 Å². The number of benzene rings is 1.